The molecule has 1 aromatic heterocycles. The minimum Gasteiger partial charge on any atom is -0.311 e. The molecule has 5 nitrogen and oxygen atoms in total. The SMILES string of the molecule is N#Cc1ccc(S(=O)(=O)N2CCNCc3ccccc32)s1. The Hall–Kier alpha value is -1.88. The van der Waals surface area contributed by atoms with Gasteiger partial charge in [-0.2, -0.15) is 5.26 Å². The number of nitrogens with one attached hydrogen (secondary N) is 1. The monoisotopic (exact) mass is 319 g/mol. The summed E-state index contributed by atoms with van der Waals surface area (Å²) in [5.41, 5.74) is 1.66. The van der Waals surface area contributed by atoms with Crippen molar-refractivity contribution in [3.8, 4) is 6.07 Å². The number of nitrogens with zero attached hydrogens (tertiary/aromatic N) is 2. The largest absolute Gasteiger partial charge is 0.311 e. The van der Waals surface area contributed by atoms with E-state index in [-0.39, 0.29) is 4.21 Å². The van der Waals surface area contributed by atoms with Gasteiger partial charge >= 0.3 is 0 Å². The van der Waals surface area contributed by atoms with Gasteiger partial charge in [-0.25, -0.2) is 8.42 Å². The highest BCUT2D eigenvalue weighted by molar-refractivity contribution is 7.94. The van der Waals surface area contributed by atoms with Crippen LogP contribution in [0, 0.1) is 11.3 Å². The Morgan fingerprint density at radius 2 is 2.05 bits per heavy atom. The molecule has 7 heteroatoms. The molecule has 3 rings (SSSR count). The van der Waals surface area contributed by atoms with Crippen molar-refractivity contribution >= 4 is 27.0 Å². The fourth-order valence-corrected chi connectivity index (χ4v) is 5.03. The van der Waals surface area contributed by atoms with E-state index < -0.39 is 10.0 Å². The van der Waals surface area contributed by atoms with E-state index >= 15 is 0 Å². The number of para-hydroxylation sites is 1. The summed E-state index contributed by atoms with van der Waals surface area (Å²) in [6.45, 7) is 1.61. The zero-order chi connectivity index (χ0) is 14.9. The zero-order valence-electron chi connectivity index (χ0n) is 11.1. The quantitative estimate of drug-likeness (QED) is 0.918. The lowest BCUT2D eigenvalue weighted by molar-refractivity contribution is 0.591. The molecule has 1 N–H and O–H groups in total. The molecule has 0 saturated carbocycles. The first-order valence-electron chi connectivity index (χ1n) is 6.44. The van der Waals surface area contributed by atoms with Crippen molar-refractivity contribution in [1.82, 2.24) is 5.32 Å². The molecule has 0 radical (unpaired) electrons. The Labute approximate surface area is 127 Å². The van der Waals surface area contributed by atoms with Crippen LogP contribution in [0.3, 0.4) is 0 Å². The Morgan fingerprint density at radius 1 is 1.24 bits per heavy atom. The standard InChI is InChI=1S/C14H13N3O2S2/c15-9-12-5-6-14(20-12)21(18,19)17-8-7-16-10-11-3-1-2-4-13(11)17/h1-6,16H,7-8,10H2. The van der Waals surface area contributed by atoms with Crippen LogP contribution in [-0.2, 0) is 16.6 Å². The third-order valence-electron chi connectivity index (χ3n) is 3.30. The van der Waals surface area contributed by atoms with Gasteiger partial charge in [0.1, 0.15) is 15.2 Å². The first-order chi connectivity index (χ1) is 10.1. The third-order valence-corrected chi connectivity index (χ3v) is 6.57. The minimum atomic E-state index is -3.63. The van der Waals surface area contributed by atoms with Gasteiger partial charge in [0.2, 0.25) is 0 Å². The highest BCUT2D eigenvalue weighted by atomic mass is 32.2. The lowest BCUT2D eigenvalue weighted by Crippen LogP contribution is -2.34. The average molecular weight is 319 g/mol. The van der Waals surface area contributed by atoms with Gasteiger partial charge in [0.15, 0.2) is 0 Å². The number of hydrogen-bond acceptors (Lipinski definition) is 5. The molecule has 0 fully saturated rings. The molecule has 2 aromatic rings. The molecule has 1 aliphatic heterocycles. The van der Waals surface area contributed by atoms with Crippen molar-refractivity contribution in [2.24, 2.45) is 0 Å². The summed E-state index contributed by atoms with van der Waals surface area (Å²) in [6, 6.07) is 12.5. The minimum absolute atomic E-state index is 0.204. The fraction of sp³-hybridized carbons (Fsp3) is 0.214. The molecular formula is C14H13N3O2S2. The van der Waals surface area contributed by atoms with Crippen LogP contribution in [0.5, 0.6) is 0 Å². The lowest BCUT2D eigenvalue weighted by atomic mass is 10.2. The number of anilines is 1. The van der Waals surface area contributed by atoms with Gasteiger partial charge in [-0.05, 0) is 23.8 Å². The molecule has 1 aromatic carbocycles. The zero-order valence-corrected chi connectivity index (χ0v) is 12.7. The molecule has 0 spiro atoms. The Kier molecular flexibility index (Phi) is 3.68. The molecule has 108 valence electrons. The van der Waals surface area contributed by atoms with Crippen molar-refractivity contribution in [3.05, 3.63) is 46.8 Å². The van der Waals surface area contributed by atoms with E-state index in [0.29, 0.717) is 30.2 Å². The maximum Gasteiger partial charge on any atom is 0.273 e. The molecule has 0 atom stereocenters. The number of benzene rings is 1. The lowest BCUT2D eigenvalue weighted by Gasteiger charge is -2.23. The van der Waals surface area contributed by atoms with Gasteiger partial charge in [-0.1, -0.05) is 18.2 Å². The summed E-state index contributed by atoms with van der Waals surface area (Å²) in [6.07, 6.45) is 0. The van der Waals surface area contributed by atoms with Gasteiger partial charge in [0.05, 0.1) is 5.69 Å². The van der Waals surface area contributed by atoms with Gasteiger partial charge in [0, 0.05) is 19.6 Å². The molecule has 0 unspecified atom stereocenters. The van der Waals surface area contributed by atoms with Crippen LogP contribution in [0.25, 0.3) is 0 Å². The summed E-state index contributed by atoms with van der Waals surface area (Å²) in [5.74, 6) is 0. The van der Waals surface area contributed by atoms with E-state index in [1.807, 2.05) is 30.3 Å². The Morgan fingerprint density at radius 3 is 2.81 bits per heavy atom. The van der Waals surface area contributed by atoms with Crippen LogP contribution in [0.1, 0.15) is 10.4 Å². The predicted octanol–water partition coefficient (Wildman–Crippen LogP) is 1.92. The fourth-order valence-electron chi connectivity index (χ4n) is 2.30. The third kappa shape index (κ3) is 2.53. The molecule has 0 bridgehead atoms. The summed E-state index contributed by atoms with van der Waals surface area (Å²) in [5, 5.41) is 12.1. The van der Waals surface area contributed by atoms with E-state index in [0.717, 1.165) is 16.9 Å². The number of rotatable bonds is 2. The van der Waals surface area contributed by atoms with E-state index in [1.54, 1.807) is 6.07 Å². The Bertz CT molecular complexity index is 806. The van der Waals surface area contributed by atoms with Gasteiger partial charge < -0.3 is 5.32 Å². The second kappa shape index (κ2) is 5.48. The van der Waals surface area contributed by atoms with E-state index in [1.165, 1.54) is 10.4 Å². The number of hydrogen-bond donors (Lipinski definition) is 1. The first-order valence-corrected chi connectivity index (χ1v) is 8.70. The predicted molar refractivity (Wildman–Crippen MR) is 81.7 cm³/mol. The normalized spacial score (nSPS) is 15.1. The topological polar surface area (TPSA) is 73.2 Å². The summed E-state index contributed by atoms with van der Waals surface area (Å²) in [7, 11) is -3.63. The number of nitriles is 1. The number of fused-ring (bicyclic) bond motifs is 1. The average Bonchev–Trinajstić information content (AvgIpc) is 2.87. The smallest absolute Gasteiger partial charge is 0.273 e. The highest BCUT2D eigenvalue weighted by Crippen LogP contribution is 2.31. The first kappa shape index (κ1) is 14.1. The maximum atomic E-state index is 12.8. The van der Waals surface area contributed by atoms with Crippen LogP contribution < -0.4 is 9.62 Å². The van der Waals surface area contributed by atoms with Crippen LogP contribution >= 0.6 is 11.3 Å². The van der Waals surface area contributed by atoms with E-state index in [2.05, 4.69) is 5.32 Å². The van der Waals surface area contributed by atoms with Gasteiger partial charge in [-0.15, -0.1) is 11.3 Å². The van der Waals surface area contributed by atoms with Crippen LogP contribution in [-0.4, -0.2) is 21.5 Å². The van der Waals surface area contributed by atoms with Gasteiger partial charge in [0.25, 0.3) is 10.0 Å². The molecule has 2 heterocycles. The van der Waals surface area contributed by atoms with E-state index in [9.17, 15) is 8.42 Å². The van der Waals surface area contributed by atoms with Crippen molar-refractivity contribution < 1.29 is 8.42 Å². The second-order valence-electron chi connectivity index (χ2n) is 4.61. The maximum absolute atomic E-state index is 12.8. The molecular weight excluding hydrogens is 306 g/mol. The number of thiophene rings is 1. The van der Waals surface area contributed by atoms with Gasteiger partial charge in [-0.3, -0.25) is 4.31 Å². The van der Waals surface area contributed by atoms with E-state index in [4.69, 9.17) is 5.26 Å². The van der Waals surface area contributed by atoms with Crippen LogP contribution in [0.4, 0.5) is 5.69 Å². The van der Waals surface area contributed by atoms with Crippen molar-refractivity contribution in [3.63, 3.8) is 0 Å². The van der Waals surface area contributed by atoms with Crippen molar-refractivity contribution in [2.45, 2.75) is 10.8 Å². The molecule has 21 heavy (non-hydrogen) atoms. The second-order valence-corrected chi connectivity index (χ2v) is 7.79. The van der Waals surface area contributed by atoms with Crippen LogP contribution in [0.15, 0.2) is 40.6 Å². The molecule has 0 aliphatic carbocycles. The molecule has 1 aliphatic rings. The highest BCUT2D eigenvalue weighted by Gasteiger charge is 2.29. The number of sulfonamides is 1. The van der Waals surface area contributed by atoms with Crippen molar-refractivity contribution in [1.29, 1.82) is 5.26 Å². The summed E-state index contributed by atoms with van der Waals surface area (Å²) in [4.78, 5) is 0.398. The Balaban J connectivity index is 2.08. The molecule has 0 amide bonds. The van der Waals surface area contributed by atoms with Crippen LogP contribution in [0.2, 0.25) is 0 Å². The molecule has 0 saturated heterocycles. The summed E-state index contributed by atoms with van der Waals surface area (Å²) < 4.78 is 27.3. The van der Waals surface area contributed by atoms with Crippen molar-refractivity contribution in [2.75, 3.05) is 17.4 Å². The summed E-state index contributed by atoms with van der Waals surface area (Å²) >= 11 is 1.00.